The Kier molecular flexibility index (Phi) is 3.64. The molecule has 1 aliphatic rings. The molecule has 0 saturated carbocycles. The maximum absolute atomic E-state index is 12.6. The van der Waals surface area contributed by atoms with Gasteiger partial charge in [0.25, 0.3) is 23.2 Å². The Balaban J connectivity index is 2.41. The van der Waals surface area contributed by atoms with Crippen LogP contribution in [0.2, 0.25) is 0 Å². The van der Waals surface area contributed by atoms with E-state index in [1.165, 1.54) is 0 Å². The van der Waals surface area contributed by atoms with E-state index < -0.39 is 45.0 Å². The van der Waals surface area contributed by atoms with Gasteiger partial charge in [-0.15, -0.1) is 0 Å². The van der Waals surface area contributed by atoms with Gasteiger partial charge in [-0.1, -0.05) is 0 Å². The van der Waals surface area contributed by atoms with Crippen molar-refractivity contribution in [3.05, 3.63) is 55.6 Å². The number of hydrogen-bond acceptors (Lipinski definition) is 7. The highest BCUT2D eigenvalue weighted by Crippen LogP contribution is 2.36. The van der Waals surface area contributed by atoms with Crippen molar-refractivity contribution in [1.82, 2.24) is 4.90 Å². The summed E-state index contributed by atoms with van der Waals surface area (Å²) in [5.74, 6) is -3.50. The molecule has 132 valence electrons. The zero-order chi connectivity index (χ0) is 19.3. The van der Waals surface area contributed by atoms with Crippen molar-refractivity contribution in [2.75, 3.05) is 0 Å². The lowest BCUT2D eigenvalue weighted by atomic mass is 9.92. The molecule has 0 spiro atoms. The van der Waals surface area contributed by atoms with Crippen LogP contribution in [0.15, 0.2) is 24.3 Å². The summed E-state index contributed by atoms with van der Waals surface area (Å²) in [5, 5.41) is 31.4. The molecule has 0 fully saturated rings. The number of rotatable bonds is 4. The van der Waals surface area contributed by atoms with Crippen LogP contribution in [0.25, 0.3) is 10.8 Å². The van der Waals surface area contributed by atoms with Crippen LogP contribution in [-0.4, -0.2) is 43.7 Å². The van der Waals surface area contributed by atoms with Crippen molar-refractivity contribution >= 4 is 39.9 Å². The van der Waals surface area contributed by atoms with Crippen molar-refractivity contribution < 1.29 is 29.3 Å². The third kappa shape index (κ3) is 2.33. The Bertz CT molecular complexity index is 976. The fraction of sp³-hybridized carbons (Fsp3) is 0.133. The van der Waals surface area contributed by atoms with Crippen molar-refractivity contribution in [3.63, 3.8) is 0 Å². The number of amides is 2. The summed E-state index contributed by atoms with van der Waals surface area (Å²) in [6, 6.07) is 2.33. The number of nitrogens with zero attached hydrogens (tertiary/aromatic N) is 3. The maximum atomic E-state index is 12.6. The molecule has 0 unspecified atom stereocenters. The lowest BCUT2D eigenvalue weighted by Crippen LogP contribution is -2.49. The zero-order valence-electron chi connectivity index (χ0n) is 13.0. The second kappa shape index (κ2) is 5.58. The molecule has 2 aromatic rings. The summed E-state index contributed by atoms with van der Waals surface area (Å²) in [5.41, 5.74) is -1.53. The highest BCUT2D eigenvalue weighted by molar-refractivity contribution is 6.27. The van der Waals surface area contributed by atoms with E-state index >= 15 is 0 Å². The molecule has 3 rings (SSSR count). The Hall–Kier alpha value is -3.89. The number of hydrogen-bond donors (Lipinski definition) is 1. The van der Waals surface area contributed by atoms with Crippen molar-refractivity contribution in [2.45, 2.75) is 13.0 Å². The lowest BCUT2D eigenvalue weighted by molar-refractivity contribution is -0.385. The topological polar surface area (TPSA) is 161 Å². The number of carboxylic acids is 1. The normalized spacial score (nSPS) is 14.4. The summed E-state index contributed by atoms with van der Waals surface area (Å²) < 4.78 is 0. The molecule has 26 heavy (non-hydrogen) atoms. The standard InChI is InChI=1S/C15H9N3O8/c1-6(15(21)22)16-13(19)10-4-8(17(23)24)2-7-3-9(18(25)26)5-11(12(7)10)14(16)20/h2-6H,1H3,(H,21,22)/t6-/m0/s1. The average molecular weight is 359 g/mol. The summed E-state index contributed by atoms with van der Waals surface area (Å²) in [7, 11) is 0. The SMILES string of the molecule is C[C@@H](C(=O)O)N1C(=O)c2cc([N+](=O)[O-])cc3cc([N+](=O)[O-])cc(c23)C1=O. The first-order valence-corrected chi connectivity index (χ1v) is 7.14. The van der Waals surface area contributed by atoms with E-state index in [9.17, 15) is 34.6 Å². The maximum Gasteiger partial charge on any atom is 0.326 e. The molecule has 0 aliphatic carbocycles. The van der Waals surface area contributed by atoms with Crippen LogP contribution in [0, 0.1) is 20.2 Å². The summed E-state index contributed by atoms with van der Waals surface area (Å²) in [4.78, 5) is 57.6. The number of non-ortho nitro benzene ring substituents is 2. The Morgan fingerprint density at radius 2 is 1.42 bits per heavy atom. The van der Waals surface area contributed by atoms with E-state index in [-0.39, 0.29) is 21.9 Å². The Labute approximate surface area is 143 Å². The van der Waals surface area contributed by atoms with Crippen molar-refractivity contribution in [1.29, 1.82) is 0 Å². The van der Waals surface area contributed by atoms with E-state index in [1.807, 2.05) is 0 Å². The lowest BCUT2D eigenvalue weighted by Gasteiger charge is -2.29. The van der Waals surface area contributed by atoms with Crippen molar-refractivity contribution in [2.24, 2.45) is 0 Å². The Morgan fingerprint density at radius 1 is 1.00 bits per heavy atom. The molecule has 11 heteroatoms. The molecule has 0 bridgehead atoms. The molecule has 11 nitrogen and oxygen atoms in total. The van der Waals surface area contributed by atoms with Crippen LogP contribution < -0.4 is 0 Å². The molecular formula is C15H9N3O8. The minimum atomic E-state index is -1.56. The molecule has 1 N–H and O–H groups in total. The molecule has 0 aromatic heterocycles. The van der Waals surface area contributed by atoms with E-state index in [4.69, 9.17) is 5.11 Å². The van der Waals surface area contributed by atoms with Crippen LogP contribution in [0.5, 0.6) is 0 Å². The minimum absolute atomic E-state index is 0.0186. The van der Waals surface area contributed by atoms with Gasteiger partial charge in [0, 0.05) is 29.7 Å². The van der Waals surface area contributed by atoms with Crippen LogP contribution in [0.1, 0.15) is 27.6 Å². The van der Waals surface area contributed by atoms with E-state index in [1.54, 1.807) is 0 Å². The predicted octanol–water partition coefficient (Wildman–Crippen LogP) is 1.73. The van der Waals surface area contributed by atoms with E-state index in [2.05, 4.69) is 0 Å². The van der Waals surface area contributed by atoms with Gasteiger partial charge in [0.15, 0.2) is 0 Å². The van der Waals surface area contributed by atoms with Crippen molar-refractivity contribution in [3.8, 4) is 0 Å². The monoisotopic (exact) mass is 359 g/mol. The van der Waals surface area contributed by atoms with Crippen LogP contribution in [0.4, 0.5) is 11.4 Å². The van der Waals surface area contributed by atoms with Gasteiger partial charge in [0.1, 0.15) is 6.04 Å². The molecule has 1 atom stereocenters. The first-order valence-electron chi connectivity index (χ1n) is 7.14. The van der Waals surface area contributed by atoms with Crippen LogP contribution in [-0.2, 0) is 4.79 Å². The largest absolute Gasteiger partial charge is 0.480 e. The van der Waals surface area contributed by atoms with Gasteiger partial charge in [-0.2, -0.15) is 0 Å². The average Bonchev–Trinajstić information content (AvgIpc) is 2.58. The molecule has 2 amide bonds. The molecule has 0 saturated heterocycles. The number of nitro benzene ring substituents is 2. The smallest absolute Gasteiger partial charge is 0.326 e. The molecule has 1 heterocycles. The summed E-state index contributed by atoms with van der Waals surface area (Å²) in [6.07, 6.45) is 0. The second-order valence-electron chi connectivity index (χ2n) is 5.59. The molecule has 1 aliphatic heterocycles. The zero-order valence-corrected chi connectivity index (χ0v) is 13.0. The quantitative estimate of drug-likeness (QED) is 0.490. The number of carbonyl (C=O) groups is 3. The number of carboxylic acid groups (broad SMARTS) is 1. The van der Waals surface area contributed by atoms with E-state index in [0.717, 1.165) is 31.2 Å². The number of carbonyl (C=O) groups excluding carboxylic acids is 2. The van der Waals surface area contributed by atoms with E-state index in [0.29, 0.717) is 4.90 Å². The van der Waals surface area contributed by atoms with Crippen LogP contribution in [0.3, 0.4) is 0 Å². The highest BCUT2D eigenvalue weighted by atomic mass is 16.6. The van der Waals surface area contributed by atoms with Gasteiger partial charge in [-0.3, -0.25) is 34.7 Å². The fourth-order valence-electron chi connectivity index (χ4n) is 2.85. The molecular weight excluding hydrogens is 350 g/mol. The van der Waals surface area contributed by atoms with Gasteiger partial charge >= 0.3 is 5.97 Å². The number of imide groups is 1. The Morgan fingerprint density at radius 3 is 1.77 bits per heavy atom. The first-order chi connectivity index (χ1) is 12.1. The highest BCUT2D eigenvalue weighted by Gasteiger charge is 2.40. The number of nitro groups is 2. The summed E-state index contributed by atoms with van der Waals surface area (Å²) in [6.45, 7) is 1.09. The fourth-order valence-corrected chi connectivity index (χ4v) is 2.85. The molecule has 0 radical (unpaired) electrons. The minimum Gasteiger partial charge on any atom is -0.480 e. The second-order valence-corrected chi connectivity index (χ2v) is 5.59. The number of aliphatic carboxylic acids is 1. The predicted molar refractivity (Wildman–Crippen MR) is 84.9 cm³/mol. The van der Waals surface area contributed by atoms with Gasteiger partial charge in [-0.25, -0.2) is 4.79 Å². The van der Waals surface area contributed by atoms with Gasteiger partial charge in [0.2, 0.25) is 0 Å². The van der Waals surface area contributed by atoms with Gasteiger partial charge in [0.05, 0.1) is 21.0 Å². The summed E-state index contributed by atoms with van der Waals surface area (Å²) >= 11 is 0. The van der Waals surface area contributed by atoms with Crippen LogP contribution >= 0.6 is 0 Å². The first kappa shape index (κ1) is 17.0. The third-order valence-corrected chi connectivity index (χ3v) is 4.08. The van der Waals surface area contributed by atoms with Gasteiger partial charge in [-0.05, 0) is 12.3 Å². The number of benzene rings is 2. The van der Waals surface area contributed by atoms with Gasteiger partial charge < -0.3 is 5.11 Å². The molecule has 2 aromatic carbocycles. The third-order valence-electron chi connectivity index (χ3n) is 4.08.